The van der Waals surface area contributed by atoms with Crippen molar-refractivity contribution in [3.63, 3.8) is 0 Å². The zero-order valence-corrected chi connectivity index (χ0v) is 12.3. The quantitative estimate of drug-likeness (QED) is 0.689. The van der Waals surface area contributed by atoms with E-state index in [2.05, 4.69) is 20.5 Å². The number of halogens is 3. The summed E-state index contributed by atoms with van der Waals surface area (Å²) in [5.41, 5.74) is 2.22. The van der Waals surface area contributed by atoms with E-state index in [1.807, 2.05) is 0 Å². The highest BCUT2D eigenvalue weighted by Gasteiger charge is 2.22. The molecule has 1 aliphatic rings. The summed E-state index contributed by atoms with van der Waals surface area (Å²) in [5, 5.41) is 10.3. The maximum atomic E-state index is 14.1. The van der Waals surface area contributed by atoms with Crippen molar-refractivity contribution in [3.8, 4) is 11.3 Å². The van der Waals surface area contributed by atoms with Crippen LogP contribution in [0.25, 0.3) is 11.3 Å². The van der Waals surface area contributed by atoms with Crippen LogP contribution in [0.3, 0.4) is 0 Å². The van der Waals surface area contributed by atoms with Crippen LogP contribution < -0.4 is 5.32 Å². The smallest absolute Gasteiger partial charge is 0.144 e. The molecule has 2 heterocycles. The number of hydrogen-bond donors (Lipinski definition) is 2. The van der Waals surface area contributed by atoms with E-state index in [0.717, 1.165) is 0 Å². The lowest BCUT2D eigenvalue weighted by atomic mass is 10.1. The van der Waals surface area contributed by atoms with Gasteiger partial charge in [-0.15, -0.1) is 0 Å². The van der Waals surface area contributed by atoms with Gasteiger partial charge in [0.15, 0.2) is 0 Å². The molecular weight excluding hydrogens is 322 g/mol. The number of amidine groups is 1. The van der Waals surface area contributed by atoms with Gasteiger partial charge in [-0.25, -0.2) is 13.8 Å². The highest BCUT2D eigenvalue weighted by Crippen LogP contribution is 2.38. The van der Waals surface area contributed by atoms with E-state index in [-0.39, 0.29) is 11.4 Å². The second kappa shape index (κ2) is 5.17. The molecule has 0 radical (unpaired) electrons. The van der Waals surface area contributed by atoms with Gasteiger partial charge in [-0.1, -0.05) is 17.7 Å². The molecule has 23 heavy (non-hydrogen) atoms. The summed E-state index contributed by atoms with van der Waals surface area (Å²) in [6.07, 6.45) is 1.53. The normalized spacial score (nSPS) is 12.7. The predicted molar refractivity (Wildman–Crippen MR) is 85.2 cm³/mol. The first-order valence-corrected chi connectivity index (χ1v) is 7.14. The van der Waals surface area contributed by atoms with Crippen LogP contribution >= 0.6 is 11.6 Å². The van der Waals surface area contributed by atoms with E-state index >= 15 is 0 Å². The highest BCUT2D eigenvalue weighted by atomic mass is 35.5. The zero-order valence-electron chi connectivity index (χ0n) is 11.6. The van der Waals surface area contributed by atoms with Gasteiger partial charge in [-0.2, -0.15) is 5.10 Å². The number of aromatic nitrogens is 2. The van der Waals surface area contributed by atoms with Crippen molar-refractivity contribution in [1.29, 1.82) is 0 Å². The molecule has 1 aromatic heterocycles. The van der Waals surface area contributed by atoms with Crippen LogP contribution in [0.15, 0.2) is 47.6 Å². The highest BCUT2D eigenvalue weighted by molar-refractivity contribution is 6.31. The Balaban J connectivity index is 1.99. The van der Waals surface area contributed by atoms with Crippen LogP contribution in [0.4, 0.5) is 20.2 Å². The van der Waals surface area contributed by atoms with E-state index in [9.17, 15) is 8.78 Å². The molecule has 4 rings (SSSR count). The SMILES string of the molecule is Fc1cccc(F)c1C1=Nc2ccc(Cl)cc2-c2[nH]ncc2N1. The number of rotatable bonds is 1. The van der Waals surface area contributed by atoms with Crippen LogP contribution in [0.1, 0.15) is 5.56 Å². The molecule has 7 heteroatoms. The van der Waals surface area contributed by atoms with E-state index < -0.39 is 11.6 Å². The fraction of sp³-hybridized carbons (Fsp3) is 0. The fourth-order valence-corrected chi connectivity index (χ4v) is 2.68. The summed E-state index contributed by atoms with van der Waals surface area (Å²) in [6, 6.07) is 8.76. The molecule has 1 aliphatic heterocycles. The summed E-state index contributed by atoms with van der Waals surface area (Å²) in [4.78, 5) is 4.38. The number of aromatic amines is 1. The van der Waals surface area contributed by atoms with Crippen LogP contribution in [0.5, 0.6) is 0 Å². The number of nitrogens with zero attached hydrogens (tertiary/aromatic N) is 2. The number of hydrogen-bond acceptors (Lipinski definition) is 3. The van der Waals surface area contributed by atoms with Crippen LogP contribution in [0.2, 0.25) is 5.02 Å². The van der Waals surface area contributed by atoms with Gasteiger partial charge in [0, 0.05) is 10.6 Å². The van der Waals surface area contributed by atoms with Gasteiger partial charge in [-0.05, 0) is 30.3 Å². The summed E-state index contributed by atoms with van der Waals surface area (Å²) in [7, 11) is 0. The average molecular weight is 331 g/mol. The second-order valence-corrected chi connectivity index (χ2v) is 5.44. The van der Waals surface area contributed by atoms with Crippen molar-refractivity contribution in [2.24, 2.45) is 4.99 Å². The number of nitrogens with one attached hydrogen (secondary N) is 2. The first kappa shape index (κ1) is 13.9. The molecular formula is C16H9ClF2N4. The molecule has 0 unspecified atom stereocenters. The van der Waals surface area contributed by atoms with E-state index in [1.165, 1.54) is 24.4 Å². The standard InChI is InChI=1S/C16H9ClF2N4/c17-8-4-5-12-9(6-8)15-13(7-20-23-15)22-16(21-12)14-10(18)2-1-3-11(14)19/h1-7H,(H,20,23)(H,21,22). The molecule has 3 aromatic rings. The molecule has 4 nitrogen and oxygen atoms in total. The number of anilines is 1. The molecule has 0 bridgehead atoms. The van der Waals surface area contributed by atoms with Gasteiger partial charge in [0.25, 0.3) is 0 Å². The van der Waals surface area contributed by atoms with E-state index in [0.29, 0.717) is 27.7 Å². The molecule has 0 fully saturated rings. The first-order chi connectivity index (χ1) is 11.1. The molecule has 114 valence electrons. The number of benzene rings is 2. The molecule has 0 saturated heterocycles. The van der Waals surface area contributed by atoms with Gasteiger partial charge in [0.2, 0.25) is 0 Å². The Morgan fingerprint density at radius 3 is 2.61 bits per heavy atom. The van der Waals surface area contributed by atoms with Gasteiger partial charge in [0.05, 0.1) is 28.8 Å². The van der Waals surface area contributed by atoms with Gasteiger partial charge in [0.1, 0.15) is 17.5 Å². The Bertz CT molecular complexity index is 929. The van der Waals surface area contributed by atoms with Crippen LogP contribution in [0, 0.1) is 11.6 Å². The monoisotopic (exact) mass is 330 g/mol. The third kappa shape index (κ3) is 2.27. The van der Waals surface area contributed by atoms with Crippen molar-refractivity contribution >= 4 is 28.8 Å². The van der Waals surface area contributed by atoms with Crippen LogP contribution in [-0.2, 0) is 0 Å². The molecule has 2 N–H and O–H groups in total. The minimum Gasteiger partial charge on any atom is -0.336 e. The maximum Gasteiger partial charge on any atom is 0.144 e. The summed E-state index contributed by atoms with van der Waals surface area (Å²) in [5.74, 6) is -1.32. The fourth-order valence-electron chi connectivity index (χ4n) is 2.51. The molecule has 0 spiro atoms. The van der Waals surface area contributed by atoms with Gasteiger partial charge in [-0.3, -0.25) is 5.10 Å². The molecule has 0 aliphatic carbocycles. The van der Waals surface area contributed by atoms with E-state index in [1.54, 1.807) is 18.2 Å². The minimum absolute atomic E-state index is 0.0734. The second-order valence-electron chi connectivity index (χ2n) is 5.00. The van der Waals surface area contributed by atoms with Crippen molar-refractivity contribution < 1.29 is 8.78 Å². The third-order valence-corrected chi connectivity index (χ3v) is 3.79. The van der Waals surface area contributed by atoms with Gasteiger partial charge >= 0.3 is 0 Å². The number of fused-ring (bicyclic) bond motifs is 3. The van der Waals surface area contributed by atoms with Crippen molar-refractivity contribution in [2.75, 3.05) is 5.32 Å². The summed E-state index contributed by atoms with van der Waals surface area (Å²) >= 11 is 6.04. The third-order valence-electron chi connectivity index (χ3n) is 3.55. The van der Waals surface area contributed by atoms with Crippen molar-refractivity contribution in [1.82, 2.24) is 10.2 Å². The van der Waals surface area contributed by atoms with Crippen molar-refractivity contribution in [3.05, 3.63) is 64.8 Å². The van der Waals surface area contributed by atoms with Gasteiger partial charge < -0.3 is 5.32 Å². The number of aliphatic imine (C=N–C) groups is 1. The van der Waals surface area contributed by atoms with E-state index in [4.69, 9.17) is 11.6 Å². The first-order valence-electron chi connectivity index (χ1n) is 6.77. The maximum absolute atomic E-state index is 14.1. The molecule has 2 aromatic carbocycles. The molecule has 0 saturated carbocycles. The van der Waals surface area contributed by atoms with Crippen molar-refractivity contribution in [2.45, 2.75) is 0 Å². The Morgan fingerprint density at radius 1 is 1.04 bits per heavy atom. The lowest BCUT2D eigenvalue weighted by molar-refractivity contribution is 0.579. The summed E-state index contributed by atoms with van der Waals surface area (Å²) < 4.78 is 28.2. The molecule has 0 amide bonds. The number of H-pyrrole nitrogens is 1. The van der Waals surface area contributed by atoms with Crippen LogP contribution in [-0.4, -0.2) is 16.0 Å². The minimum atomic E-state index is -0.696. The largest absolute Gasteiger partial charge is 0.336 e. The average Bonchev–Trinajstić information content (AvgIpc) is 2.91. The molecule has 0 atom stereocenters. The Kier molecular flexibility index (Phi) is 3.12. The Morgan fingerprint density at radius 2 is 1.83 bits per heavy atom. The lowest BCUT2D eigenvalue weighted by Gasteiger charge is -2.09. The Hall–Kier alpha value is -2.73. The Labute approximate surface area is 134 Å². The topological polar surface area (TPSA) is 53.1 Å². The summed E-state index contributed by atoms with van der Waals surface area (Å²) in [6.45, 7) is 0. The zero-order chi connectivity index (χ0) is 16.0. The lowest BCUT2D eigenvalue weighted by Crippen LogP contribution is -2.16. The predicted octanol–water partition coefficient (Wildman–Crippen LogP) is 4.51.